The second-order valence-corrected chi connectivity index (χ2v) is 3.66. The maximum absolute atomic E-state index is 13.4. The first-order valence-electron chi connectivity index (χ1n) is 4.65. The summed E-state index contributed by atoms with van der Waals surface area (Å²) in [5.41, 5.74) is 0.260. The predicted octanol–water partition coefficient (Wildman–Crippen LogP) is 3.27. The zero-order valence-corrected chi connectivity index (χ0v) is 9.32. The Balaban J connectivity index is 2.36. The van der Waals surface area contributed by atoms with Gasteiger partial charge in [0.2, 0.25) is 0 Å². The van der Waals surface area contributed by atoms with Gasteiger partial charge in [-0.1, -0.05) is 11.6 Å². The topological polar surface area (TPSA) is 30.2 Å². The molecule has 0 aliphatic heterocycles. The van der Waals surface area contributed by atoms with Crippen LogP contribution in [0, 0.1) is 5.82 Å². The van der Waals surface area contributed by atoms with Gasteiger partial charge in [-0.05, 0) is 25.1 Å². The Kier molecular flexibility index (Phi) is 3.01. The van der Waals surface area contributed by atoms with Gasteiger partial charge in [-0.2, -0.15) is 0 Å². The number of halogens is 2. The van der Waals surface area contributed by atoms with Crippen molar-refractivity contribution >= 4 is 23.1 Å². The van der Waals surface area contributed by atoms with Crippen LogP contribution in [0.3, 0.4) is 0 Å². The molecule has 0 aliphatic rings. The molecule has 0 spiro atoms. The van der Waals surface area contributed by atoms with Crippen molar-refractivity contribution in [1.82, 2.24) is 9.55 Å². The van der Waals surface area contributed by atoms with Crippen molar-refractivity contribution in [1.29, 1.82) is 0 Å². The van der Waals surface area contributed by atoms with Crippen LogP contribution in [0.15, 0.2) is 41.9 Å². The minimum Gasteiger partial charge on any atom is -0.294 e. The SMILES string of the molecule is CC(=Nc1ccc(Cl)cc1F)n1ccnc1. The van der Waals surface area contributed by atoms with Gasteiger partial charge in [-0.15, -0.1) is 0 Å². The summed E-state index contributed by atoms with van der Waals surface area (Å²) in [5.74, 6) is 0.200. The summed E-state index contributed by atoms with van der Waals surface area (Å²) in [6, 6.07) is 4.38. The summed E-state index contributed by atoms with van der Waals surface area (Å²) in [4.78, 5) is 8.04. The predicted molar refractivity (Wildman–Crippen MR) is 61.8 cm³/mol. The van der Waals surface area contributed by atoms with Crippen LogP contribution in [-0.2, 0) is 0 Å². The van der Waals surface area contributed by atoms with Crippen molar-refractivity contribution in [2.45, 2.75) is 6.92 Å². The van der Waals surface area contributed by atoms with Gasteiger partial charge in [0, 0.05) is 17.4 Å². The molecule has 0 bridgehead atoms. The molecule has 0 fully saturated rings. The molecule has 2 aromatic rings. The molecule has 5 heteroatoms. The average molecular weight is 238 g/mol. The molecule has 3 nitrogen and oxygen atoms in total. The fraction of sp³-hybridized carbons (Fsp3) is 0.0909. The van der Waals surface area contributed by atoms with E-state index in [1.807, 2.05) is 0 Å². The molecule has 2 rings (SSSR count). The van der Waals surface area contributed by atoms with Crippen molar-refractivity contribution in [3.63, 3.8) is 0 Å². The second kappa shape index (κ2) is 4.45. The zero-order chi connectivity index (χ0) is 11.5. The maximum atomic E-state index is 13.4. The summed E-state index contributed by atoms with van der Waals surface area (Å²) < 4.78 is 15.1. The number of hydrogen-bond donors (Lipinski definition) is 0. The van der Waals surface area contributed by atoms with Gasteiger partial charge < -0.3 is 0 Å². The molecule has 0 unspecified atom stereocenters. The molecule has 0 saturated heterocycles. The molecule has 0 N–H and O–H groups in total. The number of hydrogen-bond acceptors (Lipinski definition) is 2. The standard InChI is InChI=1S/C11H9ClFN3/c1-8(16-5-4-14-7-16)15-11-3-2-9(12)6-10(11)13/h2-7H,1H3. The van der Waals surface area contributed by atoms with Crippen molar-refractivity contribution < 1.29 is 4.39 Å². The third kappa shape index (κ3) is 2.28. The van der Waals surface area contributed by atoms with Gasteiger partial charge in [-0.25, -0.2) is 14.4 Å². The maximum Gasteiger partial charge on any atom is 0.150 e. The Hall–Kier alpha value is -1.68. The lowest BCUT2D eigenvalue weighted by atomic mass is 10.3. The number of rotatable bonds is 1. The van der Waals surface area contributed by atoms with E-state index in [0.29, 0.717) is 10.9 Å². The molecule has 1 aromatic heterocycles. The number of imidazole rings is 1. The summed E-state index contributed by atoms with van der Waals surface area (Å²) >= 11 is 5.65. The summed E-state index contributed by atoms with van der Waals surface area (Å²) in [6.45, 7) is 1.77. The Morgan fingerprint density at radius 2 is 2.31 bits per heavy atom. The second-order valence-electron chi connectivity index (χ2n) is 3.22. The fourth-order valence-electron chi connectivity index (χ4n) is 1.25. The lowest BCUT2D eigenvalue weighted by molar-refractivity contribution is 0.630. The van der Waals surface area contributed by atoms with E-state index in [-0.39, 0.29) is 5.69 Å². The van der Waals surface area contributed by atoms with Crippen LogP contribution in [0.4, 0.5) is 10.1 Å². The van der Waals surface area contributed by atoms with Gasteiger partial charge >= 0.3 is 0 Å². The Labute approximate surface area is 97.2 Å². The van der Waals surface area contributed by atoms with Crippen LogP contribution in [0.2, 0.25) is 5.02 Å². The largest absolute Gasteiger partial charge is 0.294 e. The van der Waals surface area contributed by atoms with Gasteiger partial charge in [-0.3, -0.25) is 4.57 Å². The number of benzene rings is 1. The molecule has 1 heterocycles. The number of nitrogens with zero attached hydrogens (tertiary/aromatic N) is 3. The van der Waals surface area contributed by atoms with E-state index in [1.54, 1.807) is 36.3 Å². The lowest BCUT2D eigenvalue weighted by Gasteiger charge is -2.02. The first-order chi connectivity index (χ1) is 7.66. The van der Waals surface area contributed by atoms with E-state index >= 15 is 0 Å². The molecule has 16 heavy (non-hydrogen) atoms. The van der Waals surface area contributed by atoms with E-state index in [1.165, 1.54) is 12.1 Å². The Bertz CT molecular complexity index is 520. The normalized spacial score (nSPS) is 11.8. The van der Waals surface area contributed by atoms with Crippen LogP contribution < -0.4 is 0 Å². The van der Waals surface area contributed by atoms with Crippen molar-refractivity contribution in [3.05, 3.63) is 47.8 Å². The molecule has 0 atom stereocenters. The number of aliphatic imine (C=N–C) groups is 1. The van der Waals surface area contributed by atoms with Crippen molar-refractivity contribution in [2.24, 2.45) is 4.99 Å². The smallest absolute Gasteiger partial charge is 0.150 e. The highest BCUT2D eigenvalue weighted by molar-refractivity contribution is 6.30. The Morgan fingerprint density at radius 1 is 1.50 bits per heavy atom. The Morgan fingerprint density at radius 3 is 2.94 bits per heavy atom. The van der Waals surface area contributed by atoms with Gasteiger partial charge in [0.15, 0.2) is 0 Å². The third-order valence-corrected chi connectivity index (χ3v) is 2.31. The van der Waals surface area contributed by atoms with E-state index in [4.69, 9.17) is 11.6 Å². The van der Waals surface area contributed by atoms with Crippen molar-refractivity contribution in [2.75, 3.05) is 0 Å². The molecular formula is C11H9ClFN3. The van der Waals surface area contributed by atoms with Crippen LogP contribution in [0.25, 0.3) is 0 Å². The molecule has 82 valence electrons. The van der Waals surface area contributed by atoms with Gasteiger partial charge in [0.1, 0.15) is 23.7 Å². The van der Waals surface area contributed by atoms with Crippen molar-refractivity contribution in [3.8, 4) is 0 Å². The lowest BCUT2D eigenvalue weighted by Crippen LogP contribution is -2.03. The van der Waals surface area contributed by atoms with Crippen LogP contribution in [0.5, 0.6) is 0 Å². The molecule has 0 aliphatic carbocycles. The highest BCUT2D eigenvalue weighted by atomic mass is 35.5. The summed E-state index contributed by atoms with van der Waals surface area (Å²) in [5, 5.41) is 0.358. The molecule has 0 radical (unpaired) electrons. The quantitative estimate of drug-likeness (QED) is 0.553. The fourth-order valence-corrected chi connectivity index (χ4v) is 1.41. The van der Waals surface area contributed by atoms with Gasteiger partial charge in [0.25, 0.3) is 0 Å². The monoisotopic (exact) mass is 237 g/mol. The molecular weight excluding hydrogens is 229 g/mol. The van der Waals surface area contributed by atoms with E-state index in [9.17, 15) is 4.39 Å². The van der Waals surface area contributed by atoms with Gasteiger partial charge in [0.05, 0.1) is 0 Å². The average Bonchev–Trinajstić information content (AvgIpc) is 2.75. The highest BCUT2D eigenvalue weighted by Gasteiger charge is 2.02. The highest BCUT2D eigenvalue weighted by Crippen LogP contribution is 2.21. The van der Waals surface area contributed by atoms with E-state index in [2.05, 4.69) is 9.98 Å². The molecule has 1 aromatic carbocycles. The first-order valence-corrected chi connectivity index (χ1v) is 5.03. The minimum atomic E-state index is -0.438. The van der Waals surface area contributed by atoms with Crippen LogP contribution in [-0.4, -0.2) is 15.4 Å². The molecule has 0 saturated carbocycles. The molecule has 0 amide bonds. The minimum absolute atomic E-state index is 0.260. The summed E-state index contributed by atoms with van der Waals surface area (Å²) in [6.07, 6.45) is 4.98. The third-order valence-electron chi connectivity index (χ3n) is 2.07. The van der Waals surface area contributed by atoms with Crippen LogP contribution >= 0.6 is 11.6 Å². The first kappa shape index (κ1) is 10.8. The number of aromatic nitrogens is 2. The summed E-state index contributed by atoms with van der Waals surface area (Å²) in [7, 11) is 0. The zero-order valence-electron chi connectivity index (χ0n) is 8.56. The van der Waals surface area contributed by atoms with Crippen LogP contribution in [0.1, 0.15) is 6.92 Å². The van der Waals surface area contributed by atoms with E-state index in [0.717, 1.165) is 0 Å². The van der Waals surface area contributed by atoms with E-state index < -0.39 is 5.82 Å².